The summed E-state index contributed by atoms with van der Waals surface area (Å²) >= 11 is 1.68. The van der Waals surface area contributed by atoms with Crippen LogP contribution in [0.5, 0.6) is 0 Å². The molecule has 1 aliphatic rings. The van der Waals surface area contributed by atoms with Gasteiger partial charge in [0.25, 0.3) is 0 Å². The van der Waals surface area contributed by atoms with Crippen LogP contribution in [0, 0.1) is 13.8 Å². The van der Waals surface area contributed by atoms with Crippen LogP contribution in [0.4, 0.5) is 4.79 Å². The molecule has 5 nitrogen and oxygen atoms in total. The van der Waals surface area contributed by atoms with Crippen LogP contribution in [-0.2, 0) is 13.1 Å². The lowest BCUT2D eigenvalue weighted by Gasteiger charge is -2.25. The summed E-state index contributed by atoms with van der Waals surface area (Å²) in [5.74, 6) is 1.00. The second-order valence-electron chi connectivity index (χ2n) is 5.86. The maximum absolute atomic E-state index is 12.5. The largest absolute Gasteiger partial charge is 0.334 e. The van der Waals surface area contributed by atoms with Gasteiger partial charge < -0.3 is 14.8 Å². The summed E-state index contributed by atoms with van der Waals surface area (Å²) in [6, 6.07) is 0.308. The third-order valence-electron chi connectivity index (χ3n) is 4.36. The molecule has 2 aromatic heterocycles. The Bertz CT molecular complexity index is 648. The third-order valence-corrected chi connectivity index (χ3v) is 5.27. The first-order valence-electron chi connectivity index (χ1n) is 7.69. The van der Waals surface area contributed by atoms with Crippen LogP contribution in [-0.4, -0.2) is 33.1 Å². The number of hydrogen-bond donors (Lipinski definition) is 1. The summed E-state index contributed by atoms with van der Waals surface area (Å²) < 4.78 is 2.12. The summed E-state index contributed by atoms with van der Waals surface area (Å²) in [5, 5.41) is 7.28. The Kier molecular flexibility index (Phi) is 4.47. The average molecular weight is 318 g/mol. The molecule has 0 radical (unpaired) electrons. The Morgan fingerprint density at radius 3 is 3.00 bits per heavy atom. The SMILES string of the molecule is Cc1cscc1CNC(=O)N1CCC[C@@H]1Cn1ccnc1C. The van der Waals surface area contributed by atoms with E-state index in [2.05, 4.69) is 32.6 Å². The van der Waals surface area contributed by atoms with E-state index in [1.54, 1.807) is 11.3 Å². The van der Waals surface area contributed by atoms with Crippen molar-refractivity contribution in [2.75, 3.05) is 6.54 Å². The minimum atomic E-state index is 0.0471. The van der Waals surface area contributed by atoms with Crippen LogP contribution < -0.4 is 5.32 Å². The normalized spacial score (nSPS) is 17.9. The highest BCUT2D eigenvalue weighted by Gasteiger charge is 2.29. The lowest BCUT2D eigenvalue weighted by Crippen LogP contribution is -2.44. The Balaban J connectivity index is 1.59. The number of thiophene rings is 1. The number of carbonyl (C=O) groups excluding carboxylic acids is 1. The smallest absolute Gasteiger partial charge is 0.317 e. The van der Waals surface area contributed by atoms with Gasteiger partial charge in [-0.15, -0.1) is 0 Å². The van der Waals surface area contributed by atoms with Crippen LogP contribution in [0.2, 0.25) is 0 Å². The predicted molar refractivity (Wildman–Crippen MR) is 88.0 cm³/mol. The monoisotopic (exact) mass is 318 g/mol. The van der Waals surface area contributed by atoms with Crippen LogP contribution in [0.3, 0.4) is 0 Å². The van der Waals surface area contributed by atoms with E-state index in [4.69, 9.17) is 0 Å². The minimum absolute atomic E-state index is 0.0471. The van der Waals surface area contributed by atoms with Crippen molar-refractivity contribution in [3.63, 3.8) is 0 Å². The molecule has 22 heavy (non-hydrogen) atoms. The Labute approximate surface area is 135 Å². The molecule has 6 heteroatoms. The molecule has 0 aromatic carbocycles. The topological polar surface area (TPSA) is 50.2 Å². The molecule has 0 bridgehead atoms. The molecule has 3 heterocycles. The fourth-order valence-corrected chi connectivity index (χ4v) is 3.81. The zero-order valence-electron chi connectivity index (χ0n) is 13.1. The number of imidazole rings is 1. The second-order valence-corrected chi connectivity index (χ2v) is 6.60. The maximum atomic E-state index is 12.5. The van der Waals surface area contributed by atoms with Gasteiger partial charge >= 0.3 is 6.03 Å². The molecule has 1 fully saturated rings. The fourth-order valence-electron chi connectivity index (χ4n) is 2.96. The van der Waals surface area contributed by atoms with Crippen molar-refractivity contribution in [1.82, 2.24) is 19.8 Å². The zero-order valence-corrected chi connectivity index (χ0v) is 13.9. The van der Waals surface area contributed by atoms with Gasteiger partial charge in [-0.05, 0) is 48.6 Å². The number of urea groups is 1. The van der Waals surface area contributed by atoms with Gasteiger partial charge in [-0.2, -0.15) is 11.3 Å². The number of carbonyl (C=O) groups is 1. The fraction of sp³-hybridized carbons (Fsp3) is 0.500. The lowest BCUT2D eigenvalue weighted by molar-refractivity contribution is 0.186. The van der Waals surface area contributed by atoms with Crippen molar-refractivity contribution >= 4 is 17.4 Å². The highest BCUT2D eigenvalue weighted by atomic mass is 32.1. The van der Waals surface area contributed by atoms with Gasteiger partial charge in [0.15, 0.2) is 0 Å². The van der Waals surface area contributed by atoms with E-state index >= 15 is 0 Å². The summed E-state index contributed by atoms with van der Waals surface area (Å²) in [5.41, 5.74) is 2.46. The van der Waals surface area contributed by atoms with Gasteiger partial charge in [-0.3, -0.25) is 0 Å². The molecule has 0 unspecified atom stereocenters. The Morgan fingerprint density at radius 1 is 1.45 bits per heavy atom. The molecule has 118 valence electrons. The number of rotatable bonds is 4. The van der Waals surface area contributed by atoms with E-state index in [1.165, 1.54) is 11.1 Å². The number of amides is 2. The molecule has 3 rings (SSSR count). The highest BCUT2D eigenvalue weighted by Crippen LogP contribution is 2.20. The van der Waals surface area contributed by atoms with E-state index in [-0.39, 0.29) is 12.1 Å². The summed E-state index contributed by atoms with van der Waals surface area (Å²) in [4.78, 5) is 18.7. The molecular formula is C16H22N4OS. The van der Waals surface area contributed by atoms with Gasteiger partial charge in [-0.25, -0.2) is 9.78 Å². The van der Waals surface area contributed by atoms with Crippen molar-refractivity contribution in [3.8, 4) is 0 Å². The molecule has 1 N–H and O–H groups in total. The first kappa shape index (κ1) is 15.1. The highest BCUT2D eigenvalue weighted by molar-refractivity contribution is 7.08. The standard InChI is InChI=1S/C16H22N4OS/c1-12-10-22-11-14(12)8-18-16(21)20-6-3-4-15(20)9-19-7-5-17-13(19)2/h5,7,10-11,15H,3-4,6,8-9H2,1-2H3,(H,18,21)/t15-/m1/s1. The van der Waals surface area contributed by atoms with E-state index in [0.717, 1.165) is 31.8 Å². The van der Waals surface area contributed by atoms with Crippen LogP contribution >= 0.6 is 11.3 Å². The van der Waals surface area contributed by atoms with Crippen molar-refractivity contribution in [2.45, 2.75) is 45.8 Å². The molecule has 0 aliphatic carbocycles. The van der Waals surface area contributed by atoms with Gasteiger partial charge in [0.2, 0.25) is 0 Å². The summed E-state index contributed by atoms with van der Waals surface area (Å²) in [7, 11) is 0. The Morgan fingerprint density at radius 2 is 2.32 bits per heavy atom. The molecule has 0 saturated carbocycles. The van der Waals surface area contributed by atoms with E-state index < -0.39 is 0 Å². The number of nitrogens with one attached hydrogen (secondary N) is 1. The molecule has 1 saturated heterocycles. The quantitative estimate of drug-likeness (QED) is 0.942. The van der Waals surface area contributed by atoms with Crippen molar-refractivity contribution in [2.24, 2.45) is 0 Å². The molecule has 2 amide bonds. The molecule has 2 aromatic rings. The Hall–Kier alpha value is -1.82. The molecule has 1 atom stereocenters. The second kappa shape index (κ2) is 6.52. The summed E-state index contributed by atoms with van der Waals surface area (Å²) in [6.07, 6.45) is 5.93. The van der Waals surface area contributed by atoms with Gasteiger partial charge in [0.1, 0.15) is 5.82 Å². The van der Waals surface area contributed by atoms with Gasteiger partial charge in [-0.1, -0.05) is 0 Å². The maximum Gasteiger partial charge on any atom is 0.317 e. The molecular weight excluding hydrogens is 296 g/mol. The van der Waals surface area contributed by atoms with E-state index in [1.807, 2.05) is 24.2 Å². The van der Waals surface area contributed by atoms with E-state index in [9.17, 15) is 4.79 Å². The number of hydrogen-bond acceptors (Lipinski definition) is 3. The van der Waals surface area contributed by atoms with Crippen molar-refractivity contribution < 1.29 is 4.79 Å². The van der Waals surface area contributed by atoms with Gasteiger partial charge in [0, 0.05) is 32.0 Å². The average Bonchev–Trinajstić information content (AvgIpc) is 3.21. The molecule has 1 aliphatic heterocycles. The number of likely N-dealkylation sites (tertiary alicyclic amines) is 1. The minimum Gasteiger partial charge on any atom is -0.334 e. The first-order valence-corrected chi connectivity index (χ1v) is 8.63. The van der Waals surface area contributed by atoms with E-state index in [0.29, 0.717) is 6.54 Å². The number of aromatic nitrogens is 2. The first-order chi connectivity index (χ1) is 10.6. The van der Waals surface area contributed by atoms with Crippen molar-refractivity contribution in [1.29, 1.82) is 0 Å². The zero-order chi connectivity index (χ0) is 15.5. The van der Waals surface area contributed by atoms with Crippen LogP contribution in [0.25, 0.3) is 0 Å². The van der Waals surface area contributed by atoms with Crippen LogP contribution in [0.15, 0.2) is 23.2 Å². The third kappa shape index (κ3) is 3.16. The summed E-state index contributed by atoms with van der Waals surface area (Å²) in [6.45, 7) is 6.36. The van der Waals surface area contributed by atoms with Crippen molar-refractivity contribution in [3.05, 3.63) is 40.1 Å². The number of aryl methyl sites for hydroxylation is 2. The molecule has 0 spiro atoms. The van der Waals surface area contributed by atoms with Crippen LogP contribution in [0.1, 0.15) is 29.8 Å². The lowest BCUT2D eigenvalue weighted by atomic mass is 10.2. The van der Waals surface area contributed by atoms with Gasteiger partial charge in [0.05, 0.1) is 6.04 Å². The number of nitrogens with zero attached hydrogens (tertiary/aromatic N) is 3. The predicted octanol–water partition coefficient (Wildman–Crippen LogP) is 2.94.